The van der Waals surface area contributed by atoms with E-state index in [2.05, 4.69) is 32.4 Å². The number of likely N-dealkylation sites (tertiary alicyclic amines) is 1. The lowest BCUT2D eigenvalue weighted by Gasteiger charge is -2.30. The van der Waals surface area contributed by atoms with Crippen molar-refractivity contribution in [3.8, 4) is 22.8 Å². The Labute approximate surface area is 163 Å². The Morgan fingerprint density at radius 2 is 1.96 bits per heavy atom. The van der Waals surface area contributed by atoms with Crippen molar-refractivity contribution < 1.29 is 9.47 Å². The molecule has 0 amide bonds. The van der Waals surface area contributed by atoms with Crippen molar-refractivity contribution in [2.75, 3.05) is 38.7 Å². The molecule has 7 heteroatoms. The number of hydrogen-bond acceptors (Lipinski definition) is 7. The summed E-state index contributed by atoms with van der Waals surface area (Å²) >= 11 is 0. The van der Waals surface area contributed by atoms with Crippen molar-refractivity contribution in [1.29, 1.82) is 0 Å². The van der Waals surface area contributed by atoms with Crippen molar-refractivity contribution >= 4 is 16.6 Å². The minimum absolute atomic E-state index is 0.372. The number of anilines is 1. The molecule has 0 spiro atoms. The number of nitrogens with zero attached hydrogens (tertiary/aromatic N) is 4. The van der Waals surface area contributed by atoms with E-state index in [0.717, 1.165) is 58.9 Å². The molecule has 1 saturated heterocycles. The quantitative estimate of drug-likeness (QED) is 0.752. The number of rotatable bonds is 3. The summed E-state index contributed by atoms with van der Waals surface area (Å²) < 4.78 is 11.4. The molecule has 7 nitrogen and oxygen atoms in total. The Hall–Kier alpha value is -2.93. The van der Waals surface area contributed by atoms with Gasteiger partial charge in [0.2, 0.25) is 0 Å². The van der Waals surface area contributed by atoms with Gasteiger partial charge in [-0.1, -0.05) is 0 Å². The van der Waals surface area contributed by atoms with Crippen LogP contribution in [0.1, 0.15) is 12.8 Å². The van der Waals surface area contributed by atoms with Crippen LogP contribution in [0.2, 0.25) is 0 Å². The first-order valence-corrected chi connectivity index (χ1v) is 9.73. The maximum Gasteiger partial charge on any atom is 0.162 e. The first kappa shape index (κ1) is 17.2. The van der Waals surface area contributed by atoms with Crippen LogP contribution in [0.15, 0.2) is 36.7 Å². The molecule has 2 aliphatic heterocycles. The normalized spacial score (nSPS) is 19.5. The van der Waals surface area contributed by atoms with Crippen molar-refractivity contribution in [2.45, 2.75) is 18.9 Å². The van der Waals surface area contributed by atoms with E-state index in [9.17, 15) is 0 Å². The van der Waals surface area contributed by atoms with E-state index in [1.54, 1.807) is 6.20 Å². The van der Waals surface area contributed by atoms with E-state index in [-0.39, 0.29) is 0 Å². The SMILES string of the molecule is CN1CCC[C@@H](Nc2nnc(-c3ccc4c(c3)OCCO4)c3ccncc23)C1. The third-order valence-corrected chi connectivity index (χ3v) is 5.36. The van der Waals surface area contributed by atoms with Gasteiger partial charge in [0, 0.05) is 41.3 Å². The lowest BCUT2D eigenvalue weighted by Crippen LogP contribution is -2.40. The van der Waals surface area contributed by atoms with Crippen molar-refractivity contribution in [2.24, 2.45) is 0 Å². The standard InChI is InChI=1S/C21H23N5O2/c1-26-8-2-3-15(13-26)23-21-17-12-22-7-6-16(17)20(24-25-21)14-4-5-18-19(11-14)28-10-9-27-18/h4-7,11-12,15H,2-3,8-10,13H2,1H3,(H,23,25)/t15-/m1/s1. The van der Waals surface area contributed by atoms with E-state index in [1.807, 2.05) is 30.5 Å². The number of pyridine rings is 1. The molecular formula is C21H23N5O2. The average Bonchev–Trinajstić information content (AvgIpc) is 2.74. The van der Waals surface area contributed by atoms with E-state index in [0.29, 0.717) is 19.3 Å². The fraction of sp³-hybridized carbons (Fsp3) is 0.381. The van der Waals surface area contributed by atoms with Gasteiger partial charge in [-0.05, 0) is 50.7 Å². The van der Waals surface area contributed by atoms with Crippen molar-refractivity contribution in [3.05, 3.63) is 36.7 Å². The zero-order valence-corrected chi connectivity index (χ0v) is 15.9. The average molecular weight is 377 g/mol. The van der Waals surface area contributed by atoms with Crippen molar-refractivity contribution in [3.63, 3.8) is 0 Å². The third kappa shape index (κ3) is 3.22. The van der Waals surface area contributed by atoms with Crippen LogP contribution >= 0.6 is 0 Å². The van der Waals surface area contributed by atoms with Gasteiger partial charge in [0.15, 0.2) is 17.3 Å². The number of hydrogen-bond donors (Lipinski definition) is 1. The predicted molar refractivity (Wildman–Crippen MR) is 108 cm³/mol. The van der Waals surface area contributed by atoms with Crippen molar-refractivity contribution in [1.82, 2.24) is 20.1 Å². The molecule has 0 bridgehead atoms. The fourth-order valence-corrected chi connectivity index (χ4v) is 3.99. The molecule has 1 aromatic carbocycles. The lowest BCUT2D eigenvalue weighted by atomic mass is 10.0. The van der Waals surface area contributed by atoms with E-state index < -0.39 is 0 Å². The van der Waals surface area contributed by atoms with E-state index in [1.165, 1.54) is 6.42 Å². The molecule has 2 aromatic heterocycles. The predicted octanol–water partition coefficient (Wildman–Crippen LogP) is 2.97. The summed E-state index contributed by atoms with van der Waals surface area (Å²) in [5, 5.41) is 14.7. The summed E-state index contributed by atoms with van der Waals surface area (Å²) in [5.41, 5.74) is 1.78. The Morgan fingerprint density at radius 1 is 1.07 bits per heavy atom. The van der Waals surface area contributed by atoms with Gasteiger partial charge >= 0.3 is 0 Å². The highest BCUT2D eigenvalue weighted by atomic mass is 16.6. The Morgan fingerprint density at radius 3 is 2.86 bits per heavy atom. The first-order valence-electron chi connectivity index (χ1n) is 9.73. The van der Waals surface area contributed by atoms with Crippen LogP contribution in [0.3, 0.4) is 0 Å². The number of aromatic nitrogens is 3. The zero-order chi connectivity index (χ0) is 18.9. The van der Waals surface area contributed by atoms with Gasteiger partial charge in [-0.2, -0.15) is 0 Å². The number of nitrogens with one attached hydrogen (secondary N) is 1. The highest BCUT2D eigenvalue weighted by Gasteiger charge is 2.20. The molecule has 1 N–H and O–H groups in total. The summed E-state index contributed by atoms with van der Waals surface area (Å²) in [4.78, 5) is 6.67. The summed E-state index contributed by atoms with van der Waals surface area (Å²) in [5.74, 6) is 2.32. The molecule has 5 rings (SSSR count). The second-order valence-corrected chi connectivity index (χ2v) is 7.42. The van der Waals surface area contributed by atoms with Gasteiger partial charge in [0.1, 0.15) is 18.9 Å². The number of ether oxygens (including phenoxy) is 2. The molecule has 28 heavy (non-hydrogen) atoms. The maximum atomic E-state index is 5.73. The molecule has 3 aromatic rings. The summed E-state index contributed by atoms with van der Waals surface area (Å²) in [6.07, 6.45) is 5.98. The van der Waals surface area contributed by atoms with Gasteiger partial charge in [0.05, 0.1) is 0 Å². The van der Waals surface area contributed by atoms with E-state index in [4.69, 9.17) is 9.47 Å². The third-order valence-electron chi connectivity index (χ3n) is 5.36. The molecule has 4 heterocycles. The minimum atomic E-state index is 0.372. The second-order valence-electron chi connectivity index (χ2n) is 7.42. The highest BCUT2D eigenvalue weighted by Crippen LogP contribution is 2.36. The molecule has 1 atom stereocenters. The van der Waals surface area contributed by atoms with Crippen LogP contribution in [0, 0.1) is 0 Å². The minimum Gasteiger partial charge on any atom is -0.486 e. The van der Waals surface area contributed by atoms with Crippen LogP contribution in [-0.2, 0) is 0 Å². The van der Waals surface area contributed by atoms with Gasteiger partial charge in [0.25, 0.3) is 0 Å². The van der Waals surface area contributed by atoms with Gasteiger partial charge < -0.3 is 19.7 Å². The summed E-state index contributed by atoms with van der Waals surface area (Å²) in [6, 6.07) is 8.27. The number of fused-ring (bicyclic) bond motifs is 2. The molecule has 0 saturated carbocycles. The van der Waals surface area contributed by atoms with Crippen LogP contribution < -0.4 is 14.8 Å². The monoisotopic (exact) mass is 377 g/mol. The fourth-order valence-electron chi connectivity index (χ4n) is 3.99. The van der Waals surface area contributed by atoms with Gasteiger partial charge in [-0.15, -0.1) is 10.2 Å². The zero-order valence-electron chi connectivity index (χ0n) is 15.9. The Bertz CT molecular complexity index is 1010. The maximum absolute atomic E-state index is 5.73. The van der Waals surface area contributed by atoms with Crippen LogP contribution in [-0.4, -0.2) is 59.5 Å². The van der Waals surface area contributed by atoms with Crippen LogP contribution in [0.4, 0.5) is 5.82 Å². The largest absolute Gasteiger partial charge is 0.486 e. The summed E-state index contributed by atoms with van der Waals surface area (Å²) in [6.45, 7) is 3.30. The second kappa shape index (κ2) is 7.24. The van der Waals surface area contributed by atoms with Gasteiger partial charge in [-0.25, -0.2) is 0 Å². The smallest absolute Gasteiger partial charge is 0.162 e. The number of likely N-dealkylation sites (N-methyl/N-ethyl adjacent to an activating group) is 1. The van der Waals surface area contributed by atoms with Crippen LogP contribution in [0.5, 0.6) is 11.5 Å². The molecule has 1 fully saturated rings. The number of benzene rings is 1. The topological polar surface area (TPSA) is 72.4 Å². The Kier molecular flexibility index (Phi) is 4.44. The Balaban J connectivity index is 1.53. The van der Waals surface area contributed by atoms with E-state index >= 15 is 0 Å². The molecule has 0 radical (unpaired) electrons. The molecule has 0 unspecified atom stereocenters. The lowest BCUT2D eigenvalue weighted by molar-refractivity contribution is 0.171. The molecular weight excluding hydrogens is 354 g/mol. The van der Waals surface area contributed by atoms with Gasteiger partial charge in [-0.3, -0.25) is 4.98 Å². The molecule has 0 aliphatic carbocycles. The highest BCUT2D eigenvalue weighted by molar-refractivity contribution is 5.99. The molecule has 2 aliphatic rings. The summed E-state index contributed by atoms with van der Waals surface area (Å²) in [7, 11) is 2.16. The first-order chi connectivity index (χ1) is 13.8. The molecule has 144 valence electrons. The van der Waals surface area contributed by atoms with Crippen LogP contribution in [0.25, 0.3) is 22.0 Å². The number of piperidine rings is 1.